The second kappa shape index (κ2) is 9.94. The van der Waals surface area contributed by atoms with Gasteiger partial charge in [-0.3, -0.25) is 14.9 Å². The van der Waals surface area contributed by atoms with Gasteiger partial charge in [-0.25, -0.2) is 0 Å². The van der Waals surface area contributed by atoms with Crippen molar-refractivity contribution in [3.63, 3.8) is 0 Å². The molecule has 11 nitrogen and oxygen atoms in total. The summed E-state index contributed by atoms with van der Waals surface area (Å²) in [5.41, 5.74) is 1.24. The van der Waals surface area contributed by atoms with E-state index >= 15 is 0 Å². The van der Waals surface area contributed by atoms with E-state index in [4.69, 9.17) is 23.5 Å². The number of benzene rings is 2. The average molecular weight is 467 g/mol. The number of anilines is 1. The largest absolute Gasteiger partial charge is 0.493 e. The first-order valence-corrected chi connectivity index (χ1v) is 10.2. The van der Waals surface area contributed by atoms with Gasteiger partial charge in [0.1, 0.15) is 13.2 Å². The van der Waals surface area contributed by atoms with Crippen LogP contribution in [0.15, 0.2) is 40.9 Å². The van der Waals surface area contributed by atoms with Gasteiger partial charge in [0.15, 0.2) is 35.3 Å². The number of aromatic nitrogens is 1. The zero-order valence-corrected chi connectivity index (χ0v) is 18.4. The molecule has 1 aliphatic heterocycles. The molecule has 176 valence electrons. The summed E-state index contributed by atoms with van der Waals surface area (Å²) >= 11 is 0. The quantitative estimate of drug-likeness (QED) is 0.387. The second-order valence-corrected chi connectivity index (χ2v) is 7.18. The van der Waals surface area contributed by atoms with Crippen LogP contribution in [0.5, 0.6) is 23.0 Å². The monoisotopic (exact) mass is 467 g/mol. The number of nitrogens with one attached hydrogen (secondary N) is 1. The molecular formula is C23H21N3O8. The Kier molecular flexibility index (Phi) is 6.62. The minimum Gasteiger partial charge on any atom is -0.493 e. The predicted molar refractivity (Wildman–Crippen MR) is 121 cm³/mol. The molecule has 0 saturated heterocycles. The lowest BCUT2D eigenvalue weighted by Gasteiger charge is -2.19. The Labute approximate surface area is 194 Å². The highest BCUT2D eigenvalue weighted by molar-refractivity contribution is 5.92. The number of nitro groups is 1. The van der Waals surface area contributed by atoms with Crippen LogP contribution in [0.1, 0.15) is 17.0 Å². The lowest BCUT2D eigenvalue weighted by Crippen LogP contribution is -2.21. The summed E-state index contributed by atoms with van der Waals surface area (Å²) in [6.07, 6.45) is 3.07. The Hall–Kier alpha value is -4.54. The molecule has 1 aromatic heterocycles. The van der Waals surface area contributed by atoms with E-state index in [2.05, 4.69) is 10.5 Å². The lowest BCUT2D eigenvalue weighted by molar-refractivity contribution is -0.386. The molecule has 11 heteroatoms. The second-order valence-electron chi connectivity index (χ2n) is 7.18. The summed E-state index contributed by atoms with van der Waals surface area (Å²) in [5, 5.41) is 17.5. The average Bonchev–Trinajstić information content (AvgIpc) is 3.22. The maximum atomic E-state index is 12.3. The Balaban J connectivity index is 1.39. The minimum atomic E-state index is -0.543. The number of ether oxygens (including phenoxy) is 4. The maximum Gasteiger partial charge on any atom is 0.338 e. The standard InChI is InChI=1S/C23H21N3O8/c1-14-23(26(28)29)19(34-25-14)7-4-15-3-6-17(20(11-15)30-2)33-13-22(27)24-16-5-8-18-21(12-16)32-10-9-31-18/h3-8,11-12H,9-10,13H2,1-2H3,(H,24,27)/b7-4+. The van der Waals surface area contributed by atoms with Crippen molar-refractivity contribution in [1.29, 1.82) is 0 Å². The molecule has 2 heterocycles. The van der Waals surface area contributed by atoms with Gasteiger partial charge >= 0.3 is 5.69 Å². The number of methoxy groups -OCH3 is 1. The fraction of sp³-hybridized carbons (Fsp3) is 0.217. The topological polar surface area (TPSA) is 135 Å². The molecule has 0 spiro atoms. The first kappa shape index (κ1) is 22.6. The summed E-state index contributed by atoms with van der Waals surface area (Å²) < 4.78 is 26.9. The van der Waals surface area contributed by atoms with Crippen LogP contribution in [0.3, 0.4) is 0 Å². The fourth-order valence-electron chi connectivity index (χ4n) is 3.25. The normalized spacial score (nSPS) is 12.4. The van der Waals surface area contributed by atoms with Gasteiger partial charge in [-0.05, 0) is 42.8 Å². The van der Waals surface area contributed by atoms with E-state index in [1.807, 2.05) is 0 Å². The summed E-state index contributed by atoms with van der Waals surface area (Å²) in [5.74, 6) is 1.62. The molecule has 0 saturated carbocycles. The van der Waals surface area contributed by atoms with Crippen molar-refractivity contribution in [2.75, 3.05) is 32.2 Å². The molecule has 1 N–H and O–H groups in total. The van der Waals surface area contributed by atoms with Gasteiger partial charge in [0.05, 0.1) is 12.0 Å². The molecule has 2 aromatic carbocycles. The van der Waals surface area contributed by atoms with Gasteiger partial charge in [0.2, 0.25) is 5.76 Å². The molecule has 0 bridgehead atoms. The third kappa shape index (κ3) is 5.09. The van der Waals surface area contributed by atoms with Crippen LogP contribution in [-0.2, 0) is 4.79 Å². The predicted octanol–water partition coefficient (Wildman–Crippen LogP) is 3.86. The van der Waals surface area contributed by atoms with Crippen LogP contribution >= 0.6 is 0 Å². The molecule has 4 rings (SSSR count). The molecule has 0 unspecified atom stereocenters. The van der Waals surface area contributed by atoms with E-state index < -0.39 is 4.92 Å². The van der Waals surface area contributed by atoms with E-state index in [0.717, 1.165) is 0 Å². The maximum absolute atomic E-state index is 12.3. The van der Waals surface area contributed by atoms with Crippen LogP contribution in [0.4, 0.5) is 11.4 Å². The highest BCUT2D eigenvalue weighted by Gasteiger charge is 2.22. The van der Waals surface area contributed by atoms with Gasteiger partial charge in [0.25, 0.3) is 5.91 Å². The smallest absolute Gasteiger partial charge is 0.338 e. The summed E-state index contributed by atoms with van der Waals surface area (Å²) in [7, 11) is 1.47. The fourth-order valence-corrected chi connectivity index (χ4v) is 3.25. The first-order valence-electron chi connectivity index (χ1n) is 10.2. The Morgan fingerprint density at radius 2 is 1.94 bits per heavy atom. The highest BCUT2D eigenvalue weighted by atomic mass is 16.6. The van der Waals surface area contributed by atoms with Crippen LogP contribution in [0.25, 0.3) is 12.2 Å². The van der Waals surface area contributed by atoms with Crippen molar-refractivity contribution in [1.82, 2.24) is 5.16 Å². The van der Waals surface area contributed by atoms with Crippen molar-refractivity contribution in [3.8, 4) is 23.0 Å². The summed E-state index contributed by atoms with van der Waals surface area (Å²) in [6.45, 7) is 2.19. The number of amides is 1. The van der Waals surface area contributed by atoms with Crippen LogP contribution in [0.2, 0.25) is 0 Å². The highest BCUT2D eigenvalue weighted by Crippen LogP contribution is 2.33. The Bertz CT molecular complexity index is 1250. The molecule has 1 aliphatic rings. The number of hydrogen-bond acceptors (Lipinski definition) is 9. The number of carbonyl (C=O) groups is 1. The third-order valence-electron chi connectivity index (χ3n) is 4.84. The summed E-state index contributed by atoms with van der Waals surface area (Å²) in [6, 6.07) is 10.1. The van der Waals surface area contributed by atoms with Gasteiger partial charge in [-0.2, -0.15) is 0 Å². The van der Waals surface area contributed by atoms with E-state index in [9.17, 15) is 14.9 Å². The Morgan fingerprint density at radius 3 is 2.71 bits per heavy atom. The Morgan fingerprint density at radius 1 is 1.15 bits per heavy atom. The molecule has 0 radical (unpaired) electrons. The zero-order chi connectivity index (χ0) is 24.1. The molecule has 3 aromatic rings. The lowest BCUT2D eigenvalue weighted by atomic mass is 10.1. The number of aryl methyl sites for hydroxylation is 1. The van der Waals surface area contributed by atoms with E-state index in [-0.39, 0.29) is 29.7 Å². The minimum absolute atomic E-state index is 0.0394. The van der Waals surface area contributed by atoms with Gasteiger partial charge < -0.3 is 28.8 Å². The van der Waals surface area contributed by atoms with Crippen molar-refractivity contribution in [2.24, 2.45) is 0 Å². The molecule has 0 fully saturated rings. The SMILES string of the molecule is COc1cc(/C=C/c2onc(C)c2[N+](=O)[O-])ccc1OCC(=O)Nc1ccc2c(c1)OCCO2. The van der Waals surface area contributed by atoms with Gasteiger partial charge in [0, 0.05) is 11.8 Å². The number of carbonyl (C=O) groups excluding carboxylic acids is 1. The van der Waals surface area contributed by atoms with E-state index in [1.54, 1.807) is 42.5 Å². The van der Waals surface area contributed by atoms with Crippen molar-refractivity contribution >= 4 is 29.4 Å². The van der Waals surface area contributed by atoms with Crippen molar-refractivity contribution < 1.29 is 33.2 Å². The van der Waals surface area contributed by atoms with Crippen molar-refractivity contribution in [2.45, 2.75) is 6.92 Å². The van der Waals surface area contributed by atoms with E-state index in [0.29, 0.717) is 47.5 Å². The third-order valence-corrected chi connectivity index (χ3v) is 4.84. The molecule has 0 atom stereocenters. The number of nitrogens with zero attached hydrogens (tertiary/aromatic N) is 2. The molecule has 0 aliphatic carbocycles. The van der Waals surface area contributed by atoms with Crippen LogP contribution in [0, 0.1) is 17.0 Å². The van der Waals surface area contributed by atoms with Gasteiger partial charge in [-0.15, -0.1) is 0 Å². The number of fused-ring (bicyclic) bond motifs is 1. The van der Waals surface area contributed by atoms with Crippen molar-refractivity contribution in [3.05, 3.63) is 63.5 Å². The molecular weight excluding hydrogens is 446 g/mol. The molecule has 1 amide bonds. The number of rotatable bonds is 8. The van der Waals surface area contributed by atoms with Crippen LogP contribution < -0.4 is 24.3 Å². The van der Waals surface area contributed by atoms with Gasteiger partial charge in [-0.1, -0.05) is 17.3 Å². The summed E-state index contributed by atoms with van der Waals surface area (Å²) in [4.78, 5) is 23.0. The molecule has 34 heavy (non-hydrogen) atoms. The van der Waals surface area contributed by atoms with E-state index in [1.165, 1.54) is 20.1 Å². The zero-order valence-electron chi connectivity index (χ0n) is 18.4. The van der Waals surface area contributed by atoms with Crippen LogP contribution in [-0.4, -0.2) is 42.9 Å². The first-order chi connectivity index (χ1) is 16.4. The number of hydrogen-bond donors (Lipinski definition) is 1.